The van der Waals surface area contributed by atoms with Crippen molar-refractivity contribution in [2.24, 2.45) is 17.8 Å². The summed E-state index contributed by atoms with van der Waals surface area (Å²) in [5.41, 5.74) is 0. The van der Waals surface area contributed by atoms with Crippen molar-refractivity contribution in [2.45, 2.75) is 40.0 Å². The van der Waals surface area contributed by atoms with Gasteiger partial charge in [-0.2, -0.15) is 0 Å². The summed E-state index contributed by atoms with van der Waals surface area (Å²) in [6, 6.07) is 0. The van der Waals surface area contributed by atoms with Crippen LogP contribution in [0.5, 0.6) is 0 Å². The van der Waals surface area contributed by atoms with Crippen LogP contribution in [0, 0.1) is 17.8 Å². The molecule has 0 aliphatic carbocycles. The van der Waals surface area contributed by atoms with Crippen molar-refractivity contribution in [1.29, 1.82) is 0 Å². The fraction of sp³-hybridized carbons (Fsp3) is 0.846. The first-order valence-corrected chi connectivity index (χ1v) is 6.40. The molecule has 2 unspecified atom stereocenters. The molecule has 98 valence electrons. The number of nitrogens with zero attached hydrogens (tertiary/aromatic N) is 1. The molecule has 1 aliphatic heterocycles. The van der Waals surface area contributed by atoms with Crippen LogP contribution in [0.1, 0.15) is 40.0 Å². The van der Waals surface area contributed by atoms with E-state index in [9.17, 15) is 9.59 Å². The van der Waals surface area contributed by atoms with Gasteiger partial charge in [0, 0.05) is 19.5 Å². The maximum Gasteiger partial charge on any atom is 0.308 e. The van der Waals surface area contributed by atoms with Crippen molar-refractivity contribution in [3.63, 3.8) is 0 Å². The van der Waals surface area contributed by atoms with Gasteiger partial charge in [-0.1, -0.05) is 20.8 Å². The predicted molar refractivity (Wildman–Crippen MR) is 65.6 cm³/mol. The van der Waals surface area contributed by atoms with Gasteiger partial charge in [0.2, 0.25) is 5.91 Å². The van der Waals surface area contributed by atoms with Gasteiger partial charge in [-0.3, -0.25) is 9.59 Å². The van der Waals surface area contributed by atoms with Gasteiger partial charge in [-0.25, -0.2) is 0 Å². The fourth-order valence-electron chi connectivity index (χ4n) is 2.50. The third-order valence-electron chi connectivity index (χ3n) is 3.29. The second-order valence-corrected chi connectivity index (χ2v) is 5.60. The minimum atomic E-state index is -0.782. The average molecular weight is 241 g/mol. The number of carbonyl (C=O) groups excluding carboxylic acids is 1. The van der Waals surface area contributed by atoms with Crippen molar-refractivity contribution >= 4 is 11.9 Å². The molecule has 1 saturated heterocycles. The number of likely N-dealkylation sites (tertiary alicyclic amines) is 1. The summed E-state index contributed by atoms with van der Waals surface area (Å²) >= 11 is 0. The van der Waals surface area contributed by atoms with E-state index in [1.165, 1.54) is 0 Å². The fourth-order valence-corrected chi connectivity index (χ4v) is 2.50. The van der Waals surface area contributed by atoms with Crippen LogP contribution in [-0.2, 0) is 9.59 Å². The standard InChI is InChI=1S/C13H23NO3/c1-9(2)6-10(3)7-12(15)14-5-4-11(8-14)13(16)17/h9-11H,4-8H2,1-3H3,(H,16,17). The summed E-state index contributed by atoms with van der Waals surface area (Å²) in [6.07, 6.45) is 2.19. The molecule has 1 rings (SSSR count). The molecule has 1 fully saturated rings. The highest BCUT2D eigenvalue weighted by molar-refractivity contribution is 5.78. The predicted octanol–water partition coefficient (Wildman–Crippen LogP) is 1.99. The van der Waals surface area contributed by atoms with Crippen molar-refractivity contribution in [1.82, 2.24) is 4.90 Å². The normalized spacial score (nSPS) is 21.9. The number of carboxylic acid groups (broad SMARTS) is 1. The molecule has 0 aromatic rings. The van der Waals surface area contributed by atoms with Crippen molar-refractivity contribution in [2.75, 3.05) is 13.1 Å². The third-order valence-corrected chi connectivity index (χ3v) is 3.29. The van der Waals surface area contributed by atoms with Crippen LogP contribution < -0.4 is 0 Å². The van der Waals surface area contributed by atoms with E-state index in [-0.39, 0.29) is 11.8 Å². The van der Waals surface area contributed by atoms with E-state index in [4.69, 9.17) is 5.11 Å². The first-order chi connectivity index (χ1) is 7.90. The lowest BCUT2D eigenvalue weighted by Crippen LogP contribution is -2.31. The van der Waals surface area contributed by atoms with Crippen LogP contribution >= 0.6 is 0 Å². The molecule has 4 heteroatoms. The Labute approximate surface area is 103 Å². The zero-order valence-electron chi connectivity index (χ0n) is 11.0. The number of rotatable bonds is 5. The van der Waals surface area contributed by atoms with Crippen LogP contribution in [-0.4, -0.2) is 35.0 Å². The molecule has 0 spiro atoms. The van der Waals surface area contributed by atoms with Crippen molar-refractivity contribution in [3.8, 4) is 0 Å². The topological polar surface area (TPSA) is 57.6 Å². The molecule has 0 bridgehead atoms. The third kappa shape index (κ3) is 4.36. The van der Waals surface area contributed by atoms with Crippen molar-refractivity contribution in [3.05, 3.63) is 0 Å². The van der Waals surface area contributed by atoms with Gasteiger partial charge < -0.3 is 10.0 Å². The second-order valence-electron chi connectivity index (χ2n) is 5.60. The molecular formula is C13H23NO3. The Bertz CT molecular complexity index is 288. The maximum absolute atomic E-state index is 11.9. The largest absolute Gasteiger partial charge is 0.481 e. The Balaban J connectivity index is 2.37. The van der Waals surface area contributed by atoms with Gasteiger partial charge in [0.25, 0.3) is 0 Å². The molecule has 0 aromatic heterocycles. The summed E-state index contributed by atoms with van der Waals surface area (Å²) in [6.45, 7) is 7.38. The highest BCUT2D eigenvalue weighted by Gasteiger charge is 2.31. The van der Waals surface area contributed by atoms with E-state index in [0.717, 1.165) is 6.42 Å². The van der Waals surface area contributed by atoms with Gasteiger partial charge in [-0.05, 0) is 24.7 Å². The summed E-state index contributed by atoms with van der Waals surface area (Å²) in [7, 11) is 0. The zero-order chi connectivity index (χ0) is 13.0. The Kier molecular flexibility index (Phi) is 4.97. The summed E-state index contributed by atoms with van der Waals surface area (Å²) in [4.78, 5) is 24.4. The summed E-state index contributed by atoms with van der Waals surface area (Å²) < 4.78 is 0. The average Bonchev–Trinajstić information content (AvgIpc) is 2.64. The van der Waals surface area contributed by atoms with Crippen LogP contribution in [0.4, 0.5) is 0 Å². The number of carbonyl (C=O) groups is 2. The highest BCUT2D eigenvalue weighted by Crippen LogP contribution is 2.20. The quantitative estimate of drug-likeness (QED) is 0.800. The van der Waals surface area contributed by atoms with Crippen LogP contribution in [0.25, 0.3) is 0 Å². The SMILES string of the molecule is CC(C)CC(C)CC(=O)N1CCC(C(=O)O)C1. The molecule has 17 heavy (non-hydrogen) atoms. The van der Waals surface area contributed by atoms with Crippen molar-refractivity contribution < 1.29 is 14.7 Å². The number of amides is 1. The molecule has 1 amide bonds. The zero-order valence-corrected chi connectivity index (χ0v) is 11.0. The lowest BCUT2D eigenvalue weighted by atomic mass is 9.95. The molecule has 1 aliphatic rings. The van der Waals surface area contributed by atoms with E-state index in [2.05, 4.69) is 20.8 Å². The van der Waals surface area contributed by atoms with E-state index in [1.54, 1.807) is 4.90 Å². The van der Waals surface area contributed by atoms with Gasteiger partial charge in [0.15, 0.2) is 0 Å². The number of hydrogen-bond donors (Lipinski definition) is 1. The number of carboxylic acids is 1. The minimum absolute atomic E-state index is 0.113. The van der Waals surface area contributed by atoms with Crippen LogP contribution in [0.2, 0.25) is 0 Å². The molecule has 0 saturated carbocycles. The molecule has 4 nitrogen and oxygen atoms in total. The number of aliphatic carboxylic acids is 1. The molecule has 0 radical (unpaired) electrons. The first-order valence-electron chi connectivity index (χ1n) is 6.40. The highest BCUT2D eigenvalue weighted by atomic mass is 16.4. The van der Waals surface area contributed by atoms with E-state index < -0.39 is 5.97 Å². The van der Waals surface area contributed by atoms with Crippen LogP contribution in [0.3, 0.4) is 0 Å². The van der Waals surface area contributed by atoms with Gasteiger partial charge in [0.1, 0.15) is 0 Å². The molecule has 1 heterocycles. The first kappa shape index (κ1) is 14.0. The maximum atomic E-state index is 11.9. The molecule has 2 atom stereocenters. The minimum Gasteiger partial charge on any atom is -0.481 e. The number of hydrogen-bond acceptors (Lipinski definition) is 2. The summed E-state index contributed by atoms with van der Waals surface area (Å²) in [5, 5.41) is 8.88. The molecule has 0 aromatic carbocycles. The molecule has 1 N–H and O–H groups in total. The Hall–Kier alpha value is -1.06. The molecular weight excluding hydrogens is 218 g/mol. The Morgan fingerprint density at radius 1 is 1.35 bits per heavy atom. The lowest BCUT2D eigenvalue weighted by molar-refractivity contribution is -0.141. The van der Waals surface area contributed by atoms with E-state index >= 15 is 0 Å². The van der Waals surface area contributed by atoms with Gasteiger partial charge in [0.05, 0.1) is 5.92 Å². The van der Waals surface area contributed by atoms with Gasteiger partial charge in [-0.15, -0.1) is 0 Å². The van der Waals surface area contributed by atoms with Gasteiger partial charge >= 0.3 is 5.97 Å². The monoisotopic (exact) mass is 241 g/mol. The Morgan fingerprint density at radius 3 is 2.47 bits per heavy atom. The Morgan fingerprint density at radius 2 is 2.00 bits per heavy atom. The van der Waals surface area contributed by atoms with Crippen LogP contribution in [0.15, 0.2) is 0 Å². The van der Waals surface area contributed by atoms with E-state index in [0.29, 0.717) is 37.8 Å². The lowest BCUT2D eigenvalue weighted by Gasteiger charge is -2.19. The summed E-state index contributed by atoms with van der Waals surface area (Å²) in [5.74, 6) is -0.0497. The van der Waals surface area contributed by atoms with E-state index in [1.807, 2.05) is 0 Å². The smallest absolute Gasteiger partial charge is 0.308 e. The second kappa shape index (κ2) is 6.03.